The topological polar surface area (TPSA) is 80.0 Å². The Balaban J connectivity index is 1.16. The Morgan fingerprint density at radius 3 is 2.63 bits per heavy atom. The van der Waals surface area contributed by atoms with Crippen LogP contribution in [0.5, 0.6) is 0 Å². The lowest BCUT2D eigenvalue weighted by atomic mass is 10.0. The molecule has 1 N–H and O–H groups in total. The molecule has 0 aliphatic carbocycles. The molecular weight excluding hydrogens is 340 g/mol. The number of fused-ring (bicyclic) bond motifs is 1. The second kappa shape index (κ2) is 6.68. The molecule has 134 valence electrons. The van der Waals surface area contributed by atoms with Gasteiger partial charge in [0, 0.05) is 43.5 Å². The maximum absolute atomic E-state index is 5.69. The van der Waals surface area contributed by atoms with Crippen LogP contribution in [0, 0.1) is 5.92 Å². The van der Waals surface area contributed by atoms with Crippen molar-refractivity contribution in [3.8, 4) is 11.3 Å². The molecule has 0 radical (unpaired) electrons. The Morgan fingerprint density at radius 1 is 1.00 bits per heavy atom. The first kappa shape index (κ1) is 15.7. The number of hydrogen-bond donors (Lipinski definition) is 1. The van der Waals surface area contributed by atoms with Crippen LogP contribution in [0.25, 0.3) is 22.4 Å². The number of oxazole rings is 1. The minimum atomic E-state index is 0.529. The van der Waals surface area contributed by atoms with Crippen molar-refractivity contribution in [3.05, 3.63) is 60.9 Å². The molecule has 4 aromatic rings. The first-order chi connectivity index (χ1) is 13.3. The molecule has 1 aliphatic heterocycles. The number of para-hydroxylation sites is 2. The number of benzene rings is 1. The zero-order valence-corrected chi connectivity index (χ0v) is 14.6. The molecule has 1 aromatic carbocycles. The van der Waals surface area contributed by atoms with E-state index in [2.05, 4.69) is 30.4 Å². The van der Waals surface area contributed by atoms with E-state index < -0.39 is 0 Å². The number of nitrogens with one attached hydrogen (secondary N) is 1. The number of nitrogens with zero attached hydrogens (tertiary/aromatic N) is 5. The molecule has 4 heterocycles. The van der Waals surface area contributed by atoms with Gasteiger partial charge in [0.25, 0.3) is 6.01 Å². The lowest BCUT2D eigenvalue weighted by Crippen LogP contribution is -2.50. The summed E-state index contributed by atoms with van der Waals surface area (Å²) >= 11 is 0. The van der Waals surface area contributed by atoms with Gasteiger partial charge in [0.15, 0.2) is 11.4 Å². The monoisotopic (exact) mass is 358 g/mol. The van der Waals surface area contributed by atoms with Gasteiger partial charge in [0.05, 0.1) is 5.69 Å². The SMILES string of the molecule is c1ccc2oc(NCC3CN(c4ccc(-c5ccncc5)nn4)C3)nc2c1. The third-order valence-corrected chi connectivity index (χ3v) is 4.74. The molecule has 0 amide bonds. The molecule has 0 atom stereocenters. The van der Waals surface area contributed by atoms with E-state index in [4.69, 9.17) is 4.42 Å². The van der Waals surface area contributed by atoms with Crippen molar-refractivity contribution < 1.29 is 4.42 Å². The molecule has 7 heteroatoms. The van der Waals surface area contributed by atoms with Crippen molar-refractivity contribution in [1.82, 2.24) is 20.2 Å². The van der Waals surface area contributed by atoms with Crippen LogP contribution in [0.15, 0.2) is 65.3 Å². The van der Waals surface area contributed by atoms with Crippen LogP contribution in [-0.4, -0.2) is 39.8 Å². The molecule has 1 saturated heterocycles. The van der Waals surface area contributed by atoms with Gasteiger partial charge in [-0.05, 0) is 36.4 Å². The number of anilines is 2. The Bertz CT molecular complexity index is 1010. The fourth-order valence-electron chi connectivity index (χ4n) is 3.24. The average Bonchev–Trinajstić information content (AvgIpc) is 3.11. The Hall–Kier alpha value is -3.48. The summed E-state index contributed by atoms with van der Waals surface area (Å²) in [5.74, 6) is 1.44. The highest BCUT2D eigenvalue weighted by Crippen LogP contribution is 2.25. The molecule has 0 spiro atoms. The highest BCUT2D eigenvalue weighted by atomic mass is 16.4. The van der Waals surface area contributed by atoms with Gasteiger partial charge < -0.3 is 14.6 Å². The zero-order chi connectivity index (χ0) is 18.1. The summed E-state index contributed by atoms with van der Waals surface area (Å²) in [6.07, 6.45) is 3.52. The predicted octanol–water partition coefficient (Wildman–Crippen LogP) is 3.23. The van der Waals surface area contributed by atoms with Crippen molar-refractivity contribution in [2.75, 3.05) is 29.9 Å². The van der Waals surface area contributed by atoms with Crippen molar-refractivity contribution in [2.45, 2.75) is 0 Å². The van der Waals surface area contributed by atoms with Gasteiger partial charge in [0.1, 0.15) is 5.52 Å². The summed E-state index contributed by atoms with van der Waals surface area (Å²) in [4.78, 5) is 10.7. The van der Waals surface area contributed by atoms with Crippen LogP contribution in [0.3, 0.4) is 0 Å². The molecule has 0 unspecified atom stereocenters. The second-order valence-corrected chi connectivity index (χ2v) is 6.65. The lowest BCUT2D eigenvalue weighted by molar-refractivity contribution is 0.421. The van der Waals surface area contributed by atoms with E-state index in [-0.39, 0.29) is 0 Å². The molecule has 1 aliphatic rings. The van der Waals surface area contributed by atoms with Crippen LogP contribution in [-0.2, 0) is 0 Å². The van der Waals surface area contributed by atoms with E-state index in [0.717, 1.165) is 47.8 Å². The van der Waals surface area contributed by atoms with Gasteiger partial charge in [-0.1, -0.05) is 12.1 Å². The van der Waals surface area contributed by atoms with Crippen LogP contribution in [0.4, 0.5) is 11.8 Å². The normalized spacial score (nSPS) is 14.3. The quantitative estimate of drug-likeness (QED) is 0.587. The molecule has 0 saturated carbocycles. The summed E-state index contributed by atoms with van der Waals surface area (Å²) in [5, 5.41) is 12.0. The number of rotatable bonds is 5. The van der Waals surface area contributed by atoms with Crippen molar-refractivity contribution in [1.29, 1.82) is 0 Å². The largest absolute Gasteiger partial charge is 0.424 e. The summed E-state index contributed by atoms with van der Waals surface area (Å²) < 4.78 is 5.69. The van der Waals surface area contributed by atoms with Gasteiger partial charge in [-0.25, -0.2) is 0 Å². The van der Waals surface area contributed by atoms with E-state index in [1.54, 1.807) is 12.4 Å². The van der Waals surface area contributed by atoms with Crippen molar-refractivity contribution in [2.24, 2.45) is 5.92 Å². The zero-order valence-electron chi connectivity index (χ0n) is 14.6. The molecule has 1 fully saturated rings. The smallest absolute Gasteiger partial charge is 0.295 e. The molecule has 0 bridgehead atoms. The number of pyridine rings is 1. The summed E-state index contributed by atoms with van der Waals surface area (Å²) in [5.41, 5.74) is 3.56. The summed E-state index contributed by atoms with van der Waals surface area (Å²) in [6.45, 7) is 2.71. The first-order valence-electron chi connectivity index (χ1n) is 8.94. The summed E-state index contributed by atoms with van der Waals surface area (Å²) in [7, 11) is 0. The van der Waals surface area contributed by atoms with Crippen LogP contribution >= 0.6 is 0 Å². The molecule has 3 aromatic heterocycles. The average molecular weight is 358 g/mol. The third-order valence-electron chi connectivity index (χ3n) is 4.74. The predicted molar refractivity (Wildman–Crippen MR) is 103 cm³/mol. The molecule has 7 nitrogen and oxygen atoms in total. The number of aromatic nitrogens is 4. The Morgan fingerprint density at radius 2 is 1.85 bits per heavy atom. The van der Waals surface area contributed by atoms with Crippen LogP contribution in [0.2, 0.25) is 0 Å². The van der Waals surface area contributed by atoms with Gasteiger partial charge in [-0.3, -0.25) is 4.98 Å². The van der Waals surface area contributed by atoms with E-state index in [1.165, 1.54) is 0 Å². The van der Waals surface area contributed by atoms with Crippen molar-refractivity contribution >= 4 is 22.9 Å². The van der Waals surface area contributed by atoms with Gasteiger partial charge in [-0.15, -0.1) is 10.2 Å². The molecular formula is C20H18N6O. The third kappa shape index (κ3) is 3.19. The minimum absolute atomic E-state index is 0.529. The van der Waals surface area contributed by atoms with Gasteiger partial charge in [-0.2, -0.15) is 4.98 Å². The Kier molecular flexibility index (Phi) is 3.90. The second-order valence-electron chi connectivity index (χ2n) is 6.65. The summed E-state index contributed by atoms with van der Waals surface area (Å²) in [6, 6.07) is 16.2. The first-order valence-corrected chi connectivity index (χ1v) is 8.94. The number of hydrogen-bond acceptors (Lipinski definition) is 7. The highest BCUT2D eigenvalue weighted by Gasteiger charge is 2.28. The molecule has 5 rings (SSSR count). The van der Waals surface area contributed by atoms with Crippen LogP contribution in [0.1, 0.15) is 0 Å². The fourth-order valence-corrected chi connectivity index (χ4v) is 3.24. The lowest BCUT2D eigenvalue weighted by Gasteiger charge is -2.39. The maximum Gasteiger partial charge on any atom is 0.295 e. The molecule has 27 heavy (non-hydrogen) atoms. The van der Waals surface area contributed by atoms with Gasteiger partial charge >= 0.3 is 0 Å². The van der Waals surface area contributed by atoms with E-state index in [0.29, 0.717) is 11.9 Å². The van der Waals surface area contributed by atoms with Crippen LogP contribution < -0.4 is 10.2 Å². The maximum atomic E-state index is 5.69. The minimum Gasteiger partial charge on any atom is -0.424 e. The van der Waals surface area contributed by atoms with Gasteiger partial charge in [0.2, 0.25) is 0 Å². The van der Waals surface area contributed by atoms with E-state index in [1.807, 2.05) is 48.5 Å². The van der Waals surface area contributed by atoms with E-state index >= 15 is 0 Å². The fraction of sp³-hybridized carbons (Fsp3) is 0.200. The van der Waals surface area contributed by atoms with E-state index in [9.17, 15) is 0 Å². The Labute approximate surface area is 156 Å². The van der Waals surface area contributed by atoms with Crippen molar-refractivity contribution in [3.63, 3.8) is 0 Å². The standard InChI is InChI=1S/C20H18N6O/c1-2-4-18-17(3-1)23-20(27-18)22-11-14-12-26(13-14)19-6-5-16(24-25-19)15-7-9-21-10-8-15/h1-10,14H,11-13H2,(H,22,23). The highest BCUT2D eigenvalue weighted by molar-refractivity contribution is 5.74.